The molecule has 0 radical (unpaired) electrons. The maximum atomic E-state index is 12.4. The summed E-state index contributed by atoms with van der Waals surface area (Å²) in [7, 11) is 1.43. The SMILES string of the molecule is CCC(NCC1CCCO1)(C(=O)OC)c1cccc(Br)c1. The molecule has 1 aliphatic rings. The van der Waals surface area contributed by atoms with Crippen LogP contribution in [0.15, 0.2) is 28.7 Å². The average Bonchev–Trinajstić information content (AvgIpc) is 3.01. The summed E-state index contributed by atoms with van der Waals surface area (Å²) in [5.41, 5.74) is 0.0778. The third-order valence-electron chi connectivity index (χ3n) is 4.04. The predicted octanol–water partition coefficient (Wildman–Crippen LogP) is 3.00. The summed E-state index contributed by atoms with van der Waals surface area (Å²) in [6.45, 7) is 3.44. The molecule has 2 rings (SSSR count). The van der Waals surface area contributed by atoms with Gasteiger partial charge in [0.1, 0.15) is 5.54 Å². The molecular weight excluding hydrogens is 334 g/mol. The molecule has 1 N–H and O–H groups in total. The molecule has 21 heavy (non-hydrogen) atoms. The van der Waals surface area contributed by atoms with Crippen molar-refractivity contribution in [3.63, 3.8) is 0 Å². The van der Waals surface area contributed by atoms with E-state index in [1.165, 1.54) is 7.11 Å². The van der Waals surface area contributed by atoms with E-state index in [0.717, 1.165) is 29.5 Å². The summed E-state index contributed by atoms with van der Waals surface area (Å²) in [5.74, 6) is -0.263. The molecule has 1 fully saturated rings. The lowest BCUT2D eigenvalue weighted by Crippen LogP contribution is -2.51. The van der Waals surface area contributed by atoms with E-state index in [4.69, 9.17) is 9.47 Å². The van der Waals surface area contributed by atoms with E-state index in [2.05, 4.69) is 21.2 Å². The lowest BCUT2D eigenvalue weighted by atomic mass is 9.87. The summed E-state index contributed by atoms with van der Waals surface area (Å²) < 4.78 is 11.6. The second-order valence-corrected chi connectivity index (χ2v) is 6.19. The molecule has 5 heteroatoms. The minimum absolute atomic E-state index is 0.174. The van der Waals surface area contributed by atoms with Gasteiger partial charge in [0.25, 0.3) is 0 Å². The third-order valence-corrected chi connectivity index (χ3v) is 4.53. The van der Waals surface area contributed by atoms with Crippen molar-refractivity contribution in [2.45, 2.75) is 37.8 Å². The maximum Gasteiger partial charge on any atom is 0.330 e. The van der Waals surface area contributed by atoms with Crippen LogP contribution in [0.25, 0.3) is 0 Å². The fourth-order valence-corrected chi connectivity index (χ4v) is 3.19. The Morgan fingerprint density at radius 2 is 2.38 bits per heavy atom. The van der Waals surface area contributed by atoms with Gasteiger partial charge in [-0.2, -0.15) is 0 Å². The van der Waals surface area contributed by atoms with Crippen LogP contribution in [0, 0.1) is 0 Å². The van der Waals surface area contributed by atoms with Crippen LogP contribution in [0.5, 0.6) is 0 Å². The van der Waals surface area contributed by atoms with Crippen molar-refractivity contribution in [1.82, 2.24) is 5.32 Å². The van der Waals surface area contributed by atoms with Crippen LogP contribution in [-0.4, -0.2) is 32.3 Å². The number of esters is 1. The summed E-state index contributed by atoms with van der Waals surface area (Å²) >= 11 is 3.47. The molecule has 0 bridgehead atoms. The molecular formula is C16H22BrNO3. The van der Waals surface area contributed by atoms with E-state index < -0.39 is 5.54 Å². The number of halogens is 1. The number of carbonyl (C=O) groups is 1. The van der Waals surface area contributed by atoms with E-state index in [9.17, 15) is 4.79 Å². The minimum atomic E-state index is -0.829. The molecule has 1 aromatic rings. The lowest BCUT2D eigenvalue weighted by molar-refractivity contribution is -0.149. The second-order valence-electron chi connectivity index (χ2n) is 5.28. The summed E-state index contributed by atoms with van der Waals surface area (Å²) in [4.78, 5) is 12.4. The van der Waals surface area contributed by atoms with Gasteiger partial charge in [-0.25, -0.2) is 4.79 Å². The summed E-state index contributed by atoms with van der Waals surface area (Å²) in [6, 6.07) is 7.79. The van der Waals surface area contributed by atoms with E-state index in [1.54, 1.807) is 0 Å². The number of ether oxygens (including phenoxy) is 2. The van der Waals surface area contributed by atoms with Crippen molar-refractivity contribution >= 4 is 21.9 Å². The highest BCUT2D eigenvalue weighted by Crippen LogP contribution is 2.29. The van der Waals surface area contributed by atoms with Gasteiger partial charge in [-0.15, -0.1) is 0 Å². The van der Waals surface area contributed by atoms with Gasteiger partial charge in [0.15, 0.2) is 0 Å². The topological polar surface area (TPSA) is 47.6 Å². The first-order valence-corrected chi connectivity index (χ1v) is 8.12. The average molecular weight is 356 g/mol. The molecule has 0 saturated carbocycles. The Balaban J connectivity index is 2.26. The Hall–Kier alpha value is -0.910. The molecule has 1 aliphatic heterocycles. The Labute approximate surface area is 134 Å². The van der Waals surface area contributed by atoms with Crippen molar-refractivity contribution in [2.24, 2.45) is 0 Å². The quantitative estimate of drug-likeness (QED) is 0.796. The molecule has 0 aromatic heterocycles. The van der Waals surface area contributed by atoms with Crippen LogP contribution < -0.4 is 5.32 Å². The molecule has 2 atom stereocenters. The van der Waals surface area contributed by atoms with Gasteiger partial charge in [0, 0.05) is 17.6 Å². The van der Waals surface area contributed by atoms with Crippen LogP contribution in [0.1, 0.15) is 31.7 Å². The fourth-order valence-electron chi connectivity index (χ4n) is 2.79. The van der Waals surface area contributed by atoms with Gasteiger partial charge in [-0.3, -0.25) is 5.32 Å². The lowest BCUT2D eigenvalue weighted by Gasteiger charge is -2.32. The molecule has 2 unspecified atom stereocenters. The number of benzene rings is 1. The maximum absolute atomic E-state index is 12.4. The first-order chi connectivity index (χ1) is 10.1. The van der Waals surface area contributed by atoms with Gasteiger partial charge in [0.05, 0.1) is 13.2 Å². The Bertz CT molecular complexity index is 488. The number of hydrogen-bond acceptors (Lipinski definition) is 4. The Kier molecular flexibility index (Phi) is 5.79. The molecule has 0 aliphatic carbocycles. The monoisotopic (exact) mass is 355 g/mol. The highest BCUT2D eigenvalue weighted by Gasteiger charge is 2.40. The largest absolute Gasteiger partial charge is 0.467 e. The van der Waals surface area contributed by atoms with Crippen molar-refractivity contribution in [3.8, 4) is 0 Å². The fraction of sp³-hybridized carbons (Fsp3) is 0.562. The normalized spacial score (nSPS) is 21.0. The van der Waals surface area contributed by atoms with Crippen molar-refractivity contribution in [1.29, 1.82) is 0 Å². The van der Waals surface area contributed by atoms with E-state index in [1.807, 2.05) is 31.2 Å². The second kappa shape index (κ2) is 7.38. The molecule has 4 nitrogen and oxygen atoms in total. The van der Waals surface area contributed by atoms with Crippen LogP contribution in [0.3, 0.4) is 0 Å². The highest BCUT2D eigenvalue weighted by atomic mass is 79.9. The van der Waals surface area contributed by atoms with Crippen LogP contribution >= 0.6 is 15.9 Å². The zero-order chi connectivity index (χ0) is 15.3. The van der Waals surface area contributed by atoms with Crippen LogP contribution in [0.4, 0.5) is 0 Å². The van der Waals surface area contributed by atoms with Gasteiger partial charge in [-0.1, -0.05) is 35.0 Å². The molecule has 1 aromatic carbocycles. The summed E-state index contributed by atoms with van der Waals surface area (Å²) in [5, 5.41) is 3.40. The van der Waals surface area contributed by atoms with Crippen molar-refractivity contribution in [2.75, 3.05) is 20.3 Å². The molecule has 1 saturated heterocycles. The van der Waals surface area contributed by atoms with E-state index in [-0.39, 0.29) is 12.1 Å². The van der Waals surface area contributed by atoms with Crippen LogP contribution in [0.2, 0.25) is 0 Å². The Morgan fingerprint density at radius 1 is 1.57 bits per heavy atom. The smallest absolute Gasteiger partial charge is 0.330 e. The first kappa shape index (κ1) is 16.5. The summed E-state index contributed by atoms with van der Waals surface area (Å²) in [6.07, 6.45) is 2.91. The van der Waals surface area contributed by atoms with Crippen molar-refractivity contribution in [3.05, 3.63) is 34.3 Å². The van der Waals surface area contributed by atoms with Crippen molar-refractivity contribution < 1.29 is 14.3 Å². The number of hydrogen-bond donors (Lipinski definition) is 1. The number of nitrogens with one attached hydrogen (secondary N) is 1. The zero-order valence-corrected chi connectivity index (χ0v) is 14.1. The van der Waals surface area contributed by atoms with E-state index >= 15 is 0 Å². The molecule has 1 heterocycles. The standard InChI is InChI=1S/C16H22BrNO3/c1-3-16(15(19)20-2,12-6-4-7-13(17)10-12)18-11-14-8-5-9-21-14/h4,6-7,10,14,18H,3,5,8-9,11H2,1-2H3. The highest BCUT2D eigenvalue weighted by molar-refractivity contribution is 9.10. The zero-order valence-electron chi connectivity index (χ0n) is 12.5. The number of methoxy groups -OCH3 is 1. The van der Waals surface area contributed by atoms with E-state index in [0.29, 0.717) is 13.0 Å². The number of carbonyl (C=O) groups excluding carboxylic acids is 1. The molecule has 0 amide bonds. The van der Waals surface area contributed by atoms with Gasteiger partial charge in [0.2, 0.25) is 0 Å². The van der Waals surface area contributed by atoms with Gasteiger partial charge < -0.3 is 9.47 Å². The number of rotatable bonds is 6. The predicted molar refractivity (Wildman–Crippen MR) is 85.1 cm³/mol. The molecule has 116 valence electrons. The first-order valence-electron chi connectivity index (χ1n) is 7.33. The van der Waals surface area contributed by atoms with Crippen LogP contribution in [-0.2, 0) is 19.8 Å². The molecule has 0 spiro atoms. The minimum Gasteiger partial charge on any atom is -0.467 e. The van der Waals surface area contributed by atoms with Gasteiger partial charge in [-0.05, 0) is 37.0 Å². The van der Waals surface area contributed by atoms with Gasteiger partial charge >= 0.3 is 5.97 Å². The Morgan fingerprint density at radius 3 is 2.95 bits per heavy atom. The third kappa shape index (κ3) is 3.65.